The summed E-state index contributed by atoms with van der Waals surface area (Å²) in [6.45, 7) is -0.0614. The largest absolute Gasteiger partial charge is 0.399 e. The summed E-state index contributed by atoms with van der Waals surface area (Å²) in [6.07, 6.45) is 1.39. The highest BCUT2D eigenvalue weighted by molar-refractivity contribution is 7.89. The van der Waals surface area contributed by atoms with Crippen molar-refractivity contribution in [2.75, 3.05) is 18.0 Å². The van der Waals surface area contributed by atoms with Gasteiger partial charge < -0.3 is 11.1 Å². The number of nitrogens with zero attached hydrogens (tertiary/aromatic N) is 1. The molecule has 0 spiro atoms. The van der Waals surface area contributed by atoms with Gasteiger partial charge in [-0.05, 0) is 12.1 Å². The van der Waals surface area contributed by atoms with E-state index in [9.17, 15) is 13.2 Å². The summed E-state index contributed by atoms with van der Waals surface area (Å²) in [6, 6.07) is 2.94. The second kappa shape index (κ2) is 4.90. The fourth-order valence-corrected chi connectivity index (χ4v) is 1.36. The highest BCUT2D eigenvalue weighted by atomic mass is 32.2. The number of nitrogens with two attached hydrogens (primary N) is 2. The maximum Gasteiger partial charge on any atom is 0.269 e. The van der Waals surface area contributed by atoms with E-state index in [2.05, 4.69) is 10.3 Å². The highest BCUT2D eigenvalue weighted by Gasteiger charge is 2.08. The van der Waals surface area contributed by atoms with Gasteiger partial charge in [0.25, 0.3) is 5.91 Å². The van der Waals surface area contributed by atoms with E-state index in [1.54, 1.807) is 6.07 Å². The van der Waals surface area contributed by atoms with Gasteiger partial charge in [0.2, 0.25) is 10.0 Å². The first kappa shape index (κ1) is 12.4. The van der Waals surface area contributed by atoms with E-state index >= 15 is 0 Å². The van der Waals surface area contributed by atoms with Gasteiger partial charge in [-0.2, -0.15) is 0 Å². The van der Waals surface area contributed by atoms with E-state index in [1.807, 2.05) is 0 Å². The van der Waals surface area contributed by atoms with Crippen molar-refractivity contribution < 1.29 is 13.2 Å². The Morgan fingerprint density at radius 1 is 1.50 bits per heavy atom. The lowest BCUT2D eigenvalue weighted by atomic mass is 10.3. The molecule has 1 aromatic heterocycles. The monoisotopic (exact) mass is 244 g/mol. The Labute approximate surface area is 92.9 Å². The van der Waals surface area contributed by atoms with Gasteiger partial charge in [0.15, 0.2) is 0 Å². The zero-order valence-corrected chi connectivity index (χ0v) is 9.20. The zero-order valence-electron chi connectivity index (χ0n) is 8.38. The molecule has 0 saturated heterocycles. The maximum atomic E-state index is 11.4. The van der Waals surface area contributed by atoms with Crippen LogP contribution >= 0.6 is 0 Å². The van der Waals surface area contributed by atoms with Gasteiger partial charge in [-0.3, -0.25) is 9.78 Å². The number of primary sulfonamides is 1. The van der Waals surface area contributed by atoms with Crippen molar-refractivity contribution in [2.24, 2.45) is 5.14 Å². The first-order valence-electron chi connectivity index (χ1n) is 4.39. The van der Waals surface area contributed by atoms with Crippen molar-refractivity contribution in [1.29, 1.82) is 0 Å². The Balaban J connectivity index is 2.54. The van der Waals surface area contributed by atoms with Crippen molar-refractivity contribution >= 4 is 21.6 Å². The van der Waals surface area contributed by atoms with E-state index in [4.69, 9.17) is 10.9 Å². The minimum Gasteiger partial charge on any atom is -0.399 e. The van der Waals surface area contributed by atoms with Crippen LogP contribution in [0.15, 0.2) is 18.3 Å². The minimum atomic E-state index is -3.57. The second-order valence-electron chi connectivity index (χ2n) is 3.10. The van der Waals surface area contributed by atoms with Crippen molar-refractivity contribution in [1.82, 2.24) is 10.3 Å². The van der Waals surface area contributed by atoms with E-state index in [-0.39, 0.29) is 18.0 Å². The van der Waals surface area contributed by atoms with Crippen molar-refractivity contribution in [3.8, 4) is 0 Å². The number of nitrogen functional groups attached to an aromatic ring is 1. The summed E-state index contributed by atoms with van der Waals surface area (Å²) in [4.78, 5) is 15.2. The number of nitrogens with one attached hydrogen (secondary N) is 1. The van der Waals surface area contributed by atoms with Crippen LogP contribution in [-0.4, -0.2) is 31.6 Å². The molecule has 0 aliphatic carbocycles. The molecule has 7 nitrogen and oxygen atoms in total. The molecular weight excluding hydrogens is 232 g/mol. The summed E-state index contributed by atoms with van der Waals surface area (Å²) in [5.41, 5.74) is 6.00. The average molecular weight is 244 g/mol. The van der Waals surface area contributed by atoms with Crippen LogP contribution in [0.2, 0.25) is 0 Å². The SMILES string of the molecule is Nc1ccnc(C(=O)NCCS(N)(=O)=O)c1. The molecule has 0 aromatic carbocycles. The van der Waals surface area contributed by atoms with Crippen LogP contribution < -0.4 is 16.2 Å². The Morgan fingerprint density at radius 3 is 2.75 bits per heavy atom. The first-order valence-corrected chi connectivity index (χ1v) is 6.10. The predicted octanol–water partition coefficient (Wildman–Crippen LogP) is -1.32. The van der Waals surface area contributed by atoms with E-state index in [0.29, 0.717) is 5.69 Å². The molecule has 0 saturated carbocycles. The van der Waals surface area contributed by atoms with E-state index < -0.39 is 15.9 Å². The number of carbonyl (C=O) groups excluding carboxylic acids is 1. The molecule has 1 rings (SSSR count). The summed E-state index contributed by atoms with van der Waals surface area (Å²) < 4.78 is 21.2. The van der Waals surface area contributed by atoms with Crippen molar-refractivity contribution in [3.63, 3.8) is 0 Å². The third-order valence-electron chi connectivity index (χ3n) is 1.69. The second-order valence-corrected chi connectivity index (χ2v) is 4.83. The highest BCUT2D eigenvalue weighted by Crippen LogP contribution is 2.02. The van der Waals surface area contributed by atoms with Gasteiger partial charge in [0.05, 0.1) is 5.75 Å². The van der Waals surface area contributed by atoms with Gasteiger partial charge in [-0.15, -0.1) is 0 Å². The number of anilines is 1. The van der Waals surface area contributed by atoms with Crippen LogP contribution in [0.4, 0.5) is 5.69 Å². The lowest BCUT2D eigenvalue weighted by molar-refractivity contribution is 0.0951. The van der Waals surface area contributed by atoms with Crippen LogP contribution in [-0.2, 0) is 10.0 Å². The number of aromatic nitrogens is 1. The van der Waals surface area contributed by atoms with Crippen LogP contribution in [0.1, 0.15) is 10.5 Å². The molecule has 0 aliphatic rings. The molecule has 16 heavy (non-hydrogen) atoms. The fraction of sp³-hybridized carbons (Fsp3) is 0.250. The molecule has 0 bridgehead atoms. The van der Waals surface area contributed by atoms with Crippen molar-refractivity contribution in [3.05, 3.63) is 24.0 Å². The standard InChI is InChI=1S/C8H12N4O3S/c9-6-1-2-11-7(5-6)8(13)12-3-4-16(10,14)15/h1-2,5H,3-4H2,(H2,9,11)(H,12,13)(H2,10,14,15). The van der Waals surface area contributed by atoms with Gasteiger partial charge in [-0.1, -0.05) is 0 Å². The number of hydrogen-bond donors (Lipinski definition) is 3. The Bertz CT molecular complexity index is 486. The molecule has 0 unspecified atom stereocenters. The molecule has 8 heteroatoms. The zero-order chi connectivity index (χ0) is 12.2. The van der Waals surface area contributed by atoms with Crippen LogP contribution in [0.5, 0.6) is 0 Å². The summed E-state index contributed by atoms with van der Waals surface area (Å²) >= 11 is 0. The average Bonchev–Trinajstić information content (AvgIpc) is 2.15. The summed E-state index contributed by atoms with van der Waals surface area (Å²) in [7, 11) is -3.57. The molecule has 0 fully saturated rings. The van der Waals surface area contributed by atoms with Gasteiger partial charge in [0, 0.05) is 18.4 Å². The van der Waals surface area contributed by atoms with E-state index in [1.165, 1.54) is 12.3 Å². The third kappa shape index (κ3) is 4.24. The van der Waals surface area contributed by atoms with Gasteiger partial charge in [-0.25, -0.2) is 13.6 Å². The normalized spacial score (nSPS) is 11.1. The third-order valence-corrected chi connectivity index (χ3v) is 2.46. The Morgan fingerprint density at radius 2 is 2.19 bits per heavy atom. The molecule has 1 heterocycles. The molecule has 88 valence electrons. The summed E-state index contributed by atoms with van der Waals surface area (Å²) in [5.74, 6) is -0.808. The number of amides is 1. The minimum absolute atomic E-state index is 0.0614. The maximum absolute atomic E-state index is 11.4. The number of rotatable bonds is 4. The number of hydrogen-bond acceptors (Lipinski definition) is 5. The van der Waals surface area contributed by atoms with Crippen molar-refractivity contribution in [2.45, 2.75) is 0 Å². The molecule has 0 aliphatic heterocycles. The van der Waals surface area contributed by atoms with E-state index in [0.717, 1.165) is 0 Å². The van der Waals surface area contributed by atoms with Gasteiger partial charge >= 0.3 is 0 Å². The Kier molecular flexibility index (Phi) is 3.80. The lowest BCUT2D eigenvalue weighted by Gasteiger charge is -2.03. The molecule has 5 N–H and O–H groups in total. The molecular formula is C8H12N4O3S. The quantitative estimate of drug-likeness (QED) is 0.605. The molecule has 0 radical (unpaired) electrons. The lowest BCUT2D eigenvalue weighted by Crippen LogP contribution is -2.31. The van der Waals surface area contributed by atoms with Crippen LogP contribution in [0.3, 0.4) is 0 Å². The molecule has 0 atom stereocenters. The fourth-order valence-electron chi connectivity index (χ4n) is 0.968. The number of carbonyl (C=O) groups is 1. The number of sulfonamides is 1. The number of pyridine rings is 1. The topological polar surface area (TPSA) is 128 Å². The first-order chi connectivity index (χ1) is 7.38. The summed E-state index contributed by atoms with van der Waals surface area (Å²) in [5, 5.41) is 7.14. The van der Waals surface area contributed by atoms with Crippen LogP contribution in [0, 0.1) is 0 Å². The smallest absolute Gasteiger partial charge is 0.269 e. The Hall–Kier alpha value is -1.67. The predicted molar refractivity (Wildman–Crippen MR) is 59.0 cm³/mol. The van der Waals surface area contributed by atoms with Gasteiger partial charge in [0.1, 0.15) is 5.69 Å². The molecule has 1 aromatic rings. The van der Waals surface area contributed by atoms with Crippen LogP contribution in [0.25, 0.3) is 0 Å². The molecule has 1 amide bonds.